The lowest BCUT2D eigenvalue weighted by atomic mass is 9.95. The molecule has 36 heavy (non-hydrogen) atoms. The number of rotatable bonds is 30. The van der Waals surface area contributed by atoms with Gasteiger partial charge in [0.05, 0.1) is 26.2 Å². The van der Waals surface area contributed by atoms with E-state index in [2.05, 4.69) is 34.7 Å². The van der Waals surface area contributed by atoms with Crippen LogP contribution in [0.25, 0.3) is 0 Å². The minimum atomic E-state index is 0.915. The third-order valence-corrected chi connectivity index (χ3v) is 8.96. The molecule has 0 amide bonds. The smallest absolute Gasteiger partial charge is 0.0888 e. The van der Waals surface area contributed by atoms with Crippen LogP contribution in [0.15, 0.2) is 0 Å². The first-order valence-corrected chi connectivity index (χ1v) is 17.5. The van der Waals surface area contributed by atoms with E-state index in [1.54, 1.807) is 0 Å². The highest BCUT2D eigenvalue weighted by atomic mass is 15.4. The highest BCUT2D eigenvalue weighted by Gasteiger charge is 2.31. The monoisotopic (exact) mass is 509 g/mol. The van der Waals surface area contributed by atoms with Crippen molar-refractivity contribution in [1.29, 1.82) is 0 Å². The Balaban J connectivity index is 4.84. The molecule has 1 heteroatoms. The second kappa shape index (κ2) is 28.0. The van der Waals surface area contributed by atoms with Crippen LogP contribution in [-0.4, -0.2) is 30.7 Å². The molecule has 0 saturated heterocycles. The Hall–Kier alpha value is -0.0400. The van der Waals surface area contributed by atoms with Crippen LogP contribution in [0.2, 0.25) is 0 Å². The molecule has 0 spiro atoms. The molecular formula is C35H74N+. The molecule has 1 unspecified atom stereocenters. The minimum absolute atomic E-state index is 0.915. The van der Waals surface area contributed by atoms with E-state index in [9.17, 15) is 0 Å². The standard InChI is InChI=1S/C35H74N/c1-6-10-14-18-21-24-27-31-35(32-28-25-22-19-15-11-7-2)36(5,33-29-17-13-9-4)34-30-26-23-20-16-12-8-3/h35H,6-34H2,1-5H3/q+1. The summed E-state index contributed by atoms with van der Waals surface area (Å²) in [7, 11) is 2.68. The lowest BCUT2D eigenvalue weighted by Gasteiger charge is -2.43. The van der Waals surface area contributed by atoms with Gasteiger partial charge in [-0.3, -0.25) is 0 Å². The quantitative estimate of drug-likeness (QED) is 0.0668. The van der Waals surface area contributed by atoms with E-state index < -0.39 is 0 Å². The van der Waals surface area contributed by atoms with Gasteiger partial charge in [0.25, 0.3) is 0 Å². The first-order chi connectivity index (χ1) is 17.6. The van der Waals surface area contributed by atoms with E-state index in [-0.39, 0.29) is 0 Å². The van der Waals surface area contributed by atoms with Crippen LogP contribution in [0.5, 0.6) is 0 Å². The molecule has 0 aliphatic heterocycles. The van der Waals surface area contributed by atoms with Crippen molar-refractivity contribution in [3.8, 4) is 0 Å². The van der Waals surface area contributed by atoms with Crippen molar-refractivity contribution in [3.05, 3.63) is 0 Å². The van der Waals surface area contributed by atoms with Gasteiger partial charge in [-0.1, -0.05) is 150 Å². The van der Waals surface area contributed by atoms with E-state index in [1.807, 2.05) is 0 Å². The van der Waals surface area contributed by atoms with Crippen molar-refractivity contribution >= 4 is 0 Å². The molecule has 0 N–H and O–H groups in total. The summed E-state index contributed by atoms with van der Waals surface area (Å²) in [4.78, 5) is 0. The fourth-order valence-electron chi connectivity index (χ4n) is 6.25. The molecule has 0 saturated carbocycles. The fraction of sp³-hybridized carbons (Fsp3) is 1.00. The molecule has 1 atom stereocenters. The summed E-state index contributed by atoms with van der Waals surface area (Å²) in [6.45, 7) is 12.2. The van der Waals surface area contributed by atoms with E-state index in [1.165, 1.54) is 191 Å². The van der Waals surface area contributed by atoms with E-state index in [4.69, 9.17) is 0 Å². The second-order valence-electron chi connectivity index (χ2n) is 12.6. The molecule has 0 aromatic heterocycles. The Kier molecular flexibility index (Phi) is 27.9. The summed E-state index contributed by atoms with van der Waals surface area (Å²) in [5.41, 5.74) is 0. The van der Waals surface area contributed by atoms with E-state index in [0.717, 1.165) is 6.04 Å². The maximum Gasteiger partial charge on any atom is 0.0888 e. The normalized spacial score (nSPS) is 13.5. The molecular weight excluding hydrogens is 434 g/mol. The van der Waals surface area contributed by atoms with Gasteiger partial charge in [-0.25, -0.2) is 0 Å². The van der Waals surface area contributed by atoms with Crippen molar-refractivity contribution in [2.45, 2.75) is 207 Å². The van der Waals surface area contributed by atoms with Crippen molar-refractivity contribution in [1.82, 2.24) is 0 Å². The van der Waals surface area contributed by atoms with Crippen molar-refractivity contribution in [2.24, 2.45) is 0 Å². The zero-order chi connectivity index (χ0) is 26.6. The SMILES string of the molecule is CCCCCCCCCC(CCCCCCCCC)[N+](C)(CCCCCC)CCCCCCCCC. The maximum atomic E-state index is 2.68. The molecule has 1 nitrogen and oxygen atoms in total. The van der Waals surface area contributed by atoms with Crippen molar-refractivity contribution in [2.75, 3.05) is 20.1 Å². The molecule has 0 heterocycles. The maximum absolute atomic E-state index is 2.68. The average molecular weight is 509 g/mol. The molecule has 0 aliphatic carbocycles. The van der Waals surface area contributed by atoms with Gasteiger partial charge in [0, 0.05) is 0 Å². The topological polar surface area (TPSA) is 0 Å². The van der Waals surface area contributed by atoms with Crippen LogP contribution < -0.4 is 0 Å². The molecule has 0 radical (unpaired) electrons. The second-order valence-corrected chi connectivity index (χ2v) is 12.6. The number of quaternary nitrogens is 1. The van der Waals surface area contributed by atoms with Gasteiger partial charge in [0.2, 0.25) is 0 Å². The summed E-state index contributed by atoms with van der Waals surface area (Å²) in [5.74, 6) is 0. The first kappa shape index (κ1) is 36.0. The molecule has 0 rings (SSSR count). The third kappa shape index (κ3) is 22.0. The van der Waals surface area contributed by atoms with Crippen LogP contribution in [0, 0.1) is 0 Å². The minimum Gasteiger partial charge on any atom is -0.324 e. The summed E-state index contributed by atoms with van der Waals surface area (Å²) >= 11 is 0. The summed E-state index contributed by atoms with van der Waals surface area (Å²) in [6, 6.07) is 0.915. The van der Waals surface area contributed by atoms with E-state index in [0.29, 0.717) is 0 Å². The van der Waals surface area contributed by atoms with Gasteiger partial charge >= 0.3 is 0 Å². The predicted octanol–water partition coefficient (Wildman–Crippen LogP) is 12.4. The van der Waals surface area contributed by atoms with Crippen molar-refractivity contribution < 1.29 is 4.48 Å². The largest absolute Gasteiger partial charge is 0.324 e. The van der Waals surface area contributed by atoms with Gasteiger partial charge < -0.3 is 4.48 Å². The third-order valence-electron chi connectivity index (χ3n) is 8.96. The van der Waals surface area contributed by atoms with E-state index >= 15 is 0 Å². The molecule has 0 aromatic carbocycles. The summed E-state index contributed by atoms with van der Waals surface area (Å²) < 4.78 is 1.39. The zero-order valence-electron chi connectivity index (χ0n) is 26.5. The fourth-order valence-corrected chi connectivity index (χ4v) is 6.25. The molecule has 218 valence electrons. The Morgan fingerprint density at radius 3 is 0.917 bits per heavy atom. The van der Waals surface area contributed by atoms with Crippen LogP contribution in [0.4, 0.5) is 0 Å². The Bertz CT molecular complexity index is 387. The number of unbranched alkanes of at least 4 members (excludes halogenated alkanes) is 21. The van der Waals surface area contributed by atoms with Crippen LogP contribution in [0.3, 0.4) is 0 Å². The zero-order valence-corrected chi connectivity index (χ0v) is 26.5. The molecule has 0 bridgehead atoms. The van der Waals surface area contributed by atoms with Gasteiger partial charge in [-0.15, -0.1) is 0 Å². The Morgan fingerprint density at radius 1 is 0.333 bits per heavy atom. The molecule has 0 aliphatic rings. The summed E-state index contributed by atoms with van der Waals surface area (Å²) in [6.07, 6.45) is 39.1. The van der Waals surface area contributed by atoms with Gasteiger partial charge in [-0.05, 0) is 51.4 Å². The highest BCUT2D eigenvalue weighted by Crippen LogP contribution is 2.26. The lowest BCUT2D eigenvalue weighted by molar-refractivity contribution is -0.934. The number of hydrogen-bond acceptors (Lipinski definition) is 0. The van der Waals surface area contributed by atoms with Crippen LogP contribution >= 0.6 is 0 Å². The highest BCUT2D eigenvalue weighted by molar-refractivity contribution is 4.64. The molecule has 0 aromatic rings. The average Bonchev–Trinajstić information content (AvgIpc) is 2.88. The van der Waals surface area contributed by atoms with Gasteiger partial charge in [0.15, 0.2) is 0 Å². The molecule has 0 fully saturated rings. The van der Waals surface area contributed by atoms with Gasteiger partial charge in [-0.2, -0.15) is 0 Å². The summed E-state index contributed by atoms with van der Waals surface area (Å²) in [5, 5.41) is 0. The lowest BCUT2D eigenvalue weighted by Crippen LogP contribution is -2.53. The Morgan fingerprint density at radius 2 is 0.583 bits per heavy atom. The number of nitrogens with zero attached hydrogens (tertiary/aromatic N) is 1. The predicted molar refractivity (Wildman–Crippen MR) is 167 cm³/mol. The first-order valence-electron chi connectivity index (χ1n) is 17.5. The van der Waals surface area contributed by atoms with Crippen molar-refractivity contribution in [3.63, 3.8) is 0 Å². The van der Waals surface area contributed by atoms with Crippen LogP contribution in [0.1, 0.15) is 201 Å². The number of hydrogen-bond donors (Lipinski definition) is 0. The Labute approximate surface area is 231 Å². The van der Waals surface area contributed by atoms with Gasteiger partial charge in [0.1, 0.15) is 0 Å². The van der Waals surface area contributed by atoms with Crippen LogP contribution in [-0.2, 0) is 0 Å².